The van der Waals surface area contributed by atoms with E-state index >= 15 is 0 Å². The molecule has 1 amide bonds. The largest absolute Gasteiger partial charge is 0.573 e. The predicted molar refractivity (Wildman–Crippen MR) is 106 cm³/mol. The van der Waals surface area contributed by atoms with Crippen molar-refractivity contribution in [2.45, 2.75) is 25.6 Å². The molecule has 6 nitrogen and oxygen atoms in total. The first-order valence-electron chi connectivity index (χ1n) is 9.77. The molecule has 4 rings (SSSR count). The third-order valence-electron chi connectivity index (χ3n) is 6.06. The van der Waals surface area contributed by atoms with Crippen LogP contribution in [0.5, 0.6) is 5.75 Å². The first-order valence-corrected chi connectivity index (χ1v) is 9.77. The van der Waals surface area contributed by atoms with E-state index in [0.717, 1.165) is 0 Å². The summed E-state index contributed by atoms with van der Waals surface area (Å²) < 4.78 is 42.4. The second-order valence-corrected chi connectivity index (χ2v) is 7.83. The van der Waals surface area contributed by atoms with Crippen LogP contribution in [0.2, 0.25) is 0 Å². The second-order valence-electron chi connectivity index (χ2n) is 7.83. The highest BCUT2D eigenvalue weighted by atomic mass is 19.4. The molecule has 3 heterocycles. The highest BCUT2D eigenvalue weighted by molar-refractivity contribution is 6.00. The molecule has 9 heteroatoms. The fraction of sp³-hybridized carbons (Fsp3) is 0.429. The fourth-order valence-electron chi connectivity index (χ4n) is 4.36. The number of piperidine rings is 1. The van der Waals surface area contributed by atoms with Gasteiger partial charge in [-0.3, -0.25) is 9.59 Å². The van der Waals surface area contributed by atoms with Crippen molar-refractivity contribution in [3.8, 4) is 5.75 Å². The van der Waals surface area contributed by atoms with Crippen LogP contribution in [0.3, 0.4) is 0 Å². The molecule has 0 atom stereocenters. The highest BCUT2D eigenvalue weighted by Crippen LogP contribution is 2.43. The van der Waals surface area contributed by atoms with E-state index in [1.54, 1.807) is 24.2 Å². The second kappa shape index (κ2) is 7.37. The Labute approximate surface area is 171 Å². The van der Waals surface area contributed by atoms with Crippen molar-refractivity contribution < 1.29 is 22.7 Å². The van der Waals surface area contributed by atoms with Gasteiger partial charge in [-0.1, -0.05) is 0 Å². The van der Waals surface area contributed by atoms with Crippen LogP contribution in [0.1, 0.15) is 19.3 Å². The van der Waals surface area contributed by atoms with Gasteiger partial charge in [-0.05, 0) is 55.7 Å². The molecule has 0 aliphatic carbocycles. The lowest BCUT2D eigenvalue weighted by atomic mass is 9.77. The Kier molecular flexibility index (Phi) is 4.99. The van der Waals surface area contributed by atoms with Gasteiger partial charge in [0, 0.05) is 38.6 Å². The van der Waals surface area contributed by atoms with E-state index in [2.05, 4.69) is 4.74 Å². The molecule has 2 aromatic rings. The number of benzene rings is 1. The number of anilines is 2. The molecule has 0 unspecified atom stereocenters. The molecule has 160 valence electrons. The SMILES string of the molecule is Cn1cccc(N2CCC3(CC2)CCN(c2ccc(OC(F)(F)F)cc2)C3=O)c1=O. The number of halogens is 3. The Morgan fingerprint density at radius 2 is 1.60 bits per heavy atom. The van der Waals surface area contributed by atoms with E-state index in [1.165, 1.54) is 28.8 Å². The van der Waals surface area contributed by atoms with Crippen LogP contribution in [0.15, 0.2) is 47.4 Å². The Balaban J connectivity index is 1.45. The van der Waals surface area contributed by atoms with Gasteiger partial charge in [0.25, 0.3) is 5.56 Å². The summed E-state index contributed by atoms with van der Waals surface area (Å²) in [5, 5.41) is 0. The minimum atomic E-state index is -4.75. The molecule has 1 aromatic carbocycles. The topological polar surface area (TPSA) is 54.8 Å². The first-order chi connectivity index (χ1) is 14.2. The number of pyridine rings is 1. The maximum atomic E-state index is 13.2. The number of alkyl halides is 3. The van der Waals surface area contributed by atoms with Gasteiger partial charge >= 0.3 is 6.36 Å². The lowest BCUT2D eigenvalue weighted by molar-refractivity contribution is -0.274. The number of hydrogen-bond donors (Lipinski definition) is 0. The van der Waals surface area contributed by atoms with Crippen LogP contribution >= 0.6 is 0 Å². The number of rotatable bonds is 3. The first kappa shape index (κ1) is 20.3. The maximum absolute atomic E-state index is 13.2. The lowest BCUT2D eigenvalue weighted by Crippen LogP contribution is -2.46. The molecule has 2 saturated heterocycles. The summed E-state index contributed by atoms with van der Waals surface area (Å²) in [4.78, 5) is 29.2. The van der Waals surface area contributed by atoms with Gasteiger partial charge in [0.05, 0.1) is 5.41 Å². The van der Waals surface area contributed by atoms with Crippen LogP contribution in [0.25, 0.3) is 0 Å². The molecule has 0 bridgehead atoms. The van der Waals surface area contributed by atoms with Crippen LogP contribution < -0.4 is 20.1 Å². The third kappa shape index (κ3) is 3.76. The Hall–Kier alpha value is -2.97. The van der Waals surface area contributed by atoms with E-state index in [4.69, 9.17) is 0 Å². The summed E-state index contributed by atoms with van der Waals surface area (Å²) >= 11 is 0. The van der Waals surface area contributed by atoms with Gasteiger partial charge in [0.2, 0.25) is 5.91 Å². The number of nitrogens with zero attached hydrogens (tertiary/aromatic N) is 3. The zero-order chi connectivity index (χ0) is 21.5. The van der Waals surface area contributed by atoms with Crippen LogP contribution in [0.4, 0.5) is 24.5 Å². The van der Waals surface area contributed by atoms with Crippen LogP contribution in [0, 0.1) is 5.41 Å². The lowest BCUT2D eigenvalue weighted by Gasteiger charge is -2.38. The Morgan fingerprint density at radius 1 is 0.967 bits per heavy atom. The zero-order valence-electron chi connectivity index (χ0n) is 16.5. The standard InChI is InChI=1S/C21H22F3N3O3/c1-25-11-2-3-17(18(25)28)26-12-8-20(9-13-26)10-14-27(19(20)29)15-4-6-16(7-5-15)30-21(22,23)24/h2-7,11H,8-10,12-14H2,1H3. The van der Waals surface area contributed by atoms with Crippen molar-refractivity contribution in [3.63, 3.8) is 0 Å². The van der Waals surface area contributed by atoms with Crippen molar-refractivity contribution >= 4 is 17.3 Å². The maximum Gasteiger partial charge on any atom is 0.573 e. The molecule has 0 saturated carbocycles. The number of ether oxygens (including phenoxy) is 1. The molecular weight excluding hydrogens is 399 g/mol. The number of carbonyl (C=O) groups is 1. The summed E-state index contributed by atoms with van der Waals surface area (Å²) in [6, 6.07) is 9.01. The summed E-state index contributed by atoms with van der Waals surface area (Å²) in [6.45, 7) is 1.74. The summed E-state index contributed by atoms with van der Waals surface area (Å²) in [5.74, 6) is -0.321. The van der Waals surface area contributed by atoms with Crippen molar-refractivity contribution in [2.24, 2.45) is 12.5 Å². The Morgan fingerprint density at radius 3 is 2.23 bits per heavy atom. The highest BCUT2D eigenvalue weighted by Gasteiger charge is 2.48. The van der Waals surface area contributed by atoms with Crippen molar-refractivity contribution in [2.75, 3.05) is 29.4 Å². The van der Waals surface area contributed by atoms with Crippen molar-refractivity contribution in [3.05, 3.63) is 52.9 Å². The van der Waals surface area contributed by atoms with Crippen molar-refractivity contribution in [1.29, 1.82) is 0 Å². The van der Waals surface area contributed by atoms with Gasteiger partial charge in [-0.15, -0.1) is 13.2 Å². The minimum absolute atomic E-state index is 0.00685. The number of aromatic nitrogens is 1. The average Bonchev–Trinajstić information content (AvgIpc) is 3.00. The number of hydrogen-bond acceptors (Lipinski definition) is 4. The molecule has 0 N–H and O–H groups in total. The Bertz CT molecular complexity index is 993. The molecule has 2 aliphatic heterocycles. The van der Waals surface area contributed by atoms with E-state index in [1.807, 2.05) is 11.0 Å². The van der Waals surface area contributed by atoms with E-state index in [9.17, 15) is 22.8 Å². The van der Waals surface area contributed by atoms with Crippen LogP contribution in [-0.2, 0) is 11.8 Å². The van der Waals surface area contributed by atoms with Crippen molar-refractivity contribution in [1.82, 2.24) is 4.57 Å². The minimum Gasteiger partial charge on any atom is -0.406 e. The molecule has 2 aliphatic rings. The van der Waals surface area contributed by atoms with Gasteiger partial charge in [0.15, 0.2) is 0 Å². The molecule has 30 heavy (non-hydrogen) atoms. The number of aryl methyl sites for hydroxylation is 1. The van der Waals surface area contributed by atoms with Crippen LogP contribution in [-0.4, -0.2) is 36.5 Å². The third-order valence-corrected chi connectivity index (χ3v) is 6.06. The smallest absolute Gasteiger partial charge is 0.406 e. The van der Waals surface area contributed by atoms with Gasteiger partial charge < -0.3 is 19.1 Å². The monoisotopic (exact) mass is 421 g/mol. The molecular formula is C21H22F3N3O3. The van der Waals surface area contributed by atoms with E-state index < -0.39 is 11.8 Å². The molecule has 1 spiro atoms. The summed E-state index contributed by atoms with van der Waals surface area (Å²) in [6.07, 6.45) is -1.08. The summed E-state index contributed by atoms with van der Waals surface area (Å²) in [5.41, 5.74) is 0.648. The van der Waals surface area contributed by atoms with E-state index in [0.29, 0.717) is 50.3 Å². The molecule has 2 fully saturated rings. The number of carbonyl (C=O) groups excluding carboxylic acids is 1. The zero-order valence-corrected chi connectivity index (χ0v) is 16.5. The predicted octanol–water partition coefficient (Wildman–Crippen LogP) is 3.31. The quantitative estimate of drug-likeness (QED) is 0.763. The van der Waals surface area contributed by atoms with Gasteiger partial charge in [-0.25, -0.2) is 0 Å². The average molecular weight is 421 g/mol. The van der Waals surface area contributed by atoms with Gasteiger partial charge in [0.1, 0.15) is 11.4 Å². The van der Waals surface area contributed by atoms with Gasteiger partial charge in [-0.2, -0.15) is 0 Å². The number of amides is 1. The fourth-order valence-corrected chi connectivity index (χ4v) is 4.36. The summed E-state index contributed by atoms with van der Waals surface area (Å²) in [7, 11) is 1.71. The molecule has 0 radical (unpaired) electrons. The van der Waals surface area contributed by atoms with E-state index in [-0.39, 0.29) is 17.2 Å². The normalized spacial score (nSPS) is 18.9. The molecule has 1 aromatic heterocycles.